The molecule has 1 aliphatic heterocycles. The minimum absolute atomic E-state index is 0.0370. The van der Waals surface area contributed by atoms with Gasteiger partial charge in [-0.05, 0) is 31.2 Å². The number of carbonyl (C=O) groups excluding carboxylic acids is 1. The molecule has 2 fully saturated rings. The van der Waals surface area contributed by atoms with E-state index in [4.69, 9.17) is 9.47 Å². The summed E-state index contributed by atoms with van der Waals surface area (Å²) in [7, 11) is 3.52. The molecule has 6 heteroatoms. The molecule has 0 N–H and O–H groups in total. The van der Waals surface area contributed by atoms with Gasteiger partial charge in [-0.2, -0.15) is 5.10 Å². The van der Waals surface area contributed by atoms with Crippen molar-refractivity contribution >= 4 is 5.91 Å². The van der Waals surface area contributed by atoms with Crippen molar-refractivity contribution in [3.05, 3.63) is 53.9 Å². The Morgan fingerprint density at radius 2 is 2.07 bits per heavy atom. The zero-order chi connectivity index (χ0) is 18.9. The second-order valence-electron chi connectivity index (χ2n) is 7.58. The van der Waals surface area contributed by atoms with Gasteiger partial charge in [0, 0.05) is 27.0 Å². The Balaban J connectivity index is 1.51. The number of hydrogen-bond acceptors (Lipinski definition) is 4. The molecule has 6 nitrogen and oxygen atoms in total. The maximum absolute atomic E-state index is 13.2. The largest absolute Gasteiger partial charge is 0.381 e. The third kappa shape index (κ3) is 3.39. The van der Waals surface area contributed by atoms with E-state index >= 15 is 0 Å². The number of benzene rings is 1. The molecule has 1 aliphatic carbocycles. The maximum Gasteiger partial charge on any atom is 0.257 e. The summed E-state index contributed by atoms with van der Waals surface area (Å²) in [6.07, 6.45) is 7.34. The number of amides is 1. The van der Waals surface area contributed by atoms with Crippen molar-refractivity contribution in [3.63, 3.8) is 0 Å². The van der Waals surface area contributed by atoms with Gasteiger partial charge in [0.05, 0.1) is 36.1 Å². The van der Waals surface area contributed by atoms with Crippen molar-refractivity contribution in [2.45, 2.75) is 50.0 Å². The fourth-order valence-electron chi connectivity index (χ4n) is 4.62. The summed E-state index contributed by atoms with van der Waals surface area (Å²) < 4.78 is 13.3. The molecule has 0 bridgehead atoms. The number of hydrogen-bond donors (Lipinski definition) is 0. The summed E-state index contributed by atoms with van der Waals surface area (Å²) in [5, 5.41) is 4.39. The minimum atomic E-state index is -0.231. The van der Waals surface area contributed by atoms with Gasteiger partial charge in [-0.15, -0.1) is 0 Å². The minimum Gasteiger partial charge on any atom is -0.381 e. The Labute approximate surface area is 160 Å². The summed E-state index contributed by atoms with van der Waals surface area (Å²) >= 11 is 0. The molecule has 4 rings (SSSR count). The van der Waals surface area contributed by atoms with Crippen LogP contribution in [0.5, 0.6) is 0 Å². The monoisotopic (exact) mass is 369 g/mol. The molecule has 27 heavy (non-hydrogen) atoms. The van der Waals surface area contributed by atoms with Crippen molar-refractivity contribution in [1.82, 2.24) is 14.7 Å². The van der Waals surface area contributed by atoms with E-state index in [1.807, 2.05) is 34.0 Å². The van der Waals surface area contributed by atoms with Crippen LogP contribution in [0.25, 0.3) is 0 Å². The van der Waals surface area contributed by atoms with Gasteiger partial charge in [-0.3, -0.25) is 9.48 Å². The second-order valence-corrected chi connectivity index (χ2v) is 7.58. The number of nitrogens with zero attached hydrogens (tertiary/aromatic N) is 3. The average Bonchev–Trinajstić information content (AvgIpc) is 3.33. The predicted molar refractivity (Wildman–Crippen MR) is 102 cm³/mol. The number of carbonyl (C=O) groups is 1. The summed E-state index contributed by atoms with van der Waals surface area (Å²) in [5.41, 5.74) is 1.57. The van der Waals surface area contributed by atoms with E-state index in [-0.39, 0.29) is 23.7 Å². The number of methoxy groups -OCH3 is 2. The van der Waals surface area contributed by atoms with Crippen LogP contribution in [-0.2, 0) is 16.0 Å². The molecule has 144 valence electrons. The molecular formula is C21H27N3O3. The van der Waals surface area contributed by atoms with E-state index in [1.54, 1.807) is 20.4 Å². The van der Waals surface area contributed by atoms with Gasteiger partial charge in [0.2, 0.25) is 0 Å². The lowest BCUT2D eigenvalue weighted by Crippen LogP contribution is -2.53. The molecular weight excluding hydrogens is 342 g/mol. The van der Waals surface area contributed by atoms with Crippen molar-refractivity contribution in [3.8, 4) is 0 Å². The van der Waals surface area contributed by atoms with Gasteiger partial charge >= 0.3 is 0 Å². The third-order valence-corrected chi connectivity index (χ3v) is 6.20. The van der Waals surface area contributed by atoms with Crippen molar-refractivity contribution in [2.24, 2.45) is 0 Å². The lowest BCUT2D eigenvalue weighted by atomic mass is 9.79. The highest BCUT2D eigenvalue weighted by Gasteiger charge is 2.52. The molecule has 1 aromatic heterocycles. The van der Waals surface area contributed by atoms with E-state index in [0.717, 1.165) is 37.8 Å². The fourth-order valence-corrected chi connectivity index (χ4v) is 4.62. The predicted octanol–water partition coefficient (Wildman–Crippen LogP) is 2.73. The van der Waals surface area contributed by atoms with Crippen LogP contribution < -0.4 is 0 Å². The molecule has 1 saturated carbocycles. The lowest BCUT2D eigenvalue weighted by Gasteiger charge is -2.43. The fraction of sp³-hybridized carbons (Fsp3) is 0.524. The maximum atomic E-state index is 13.2. The summed E-state index contributed by atoms with van der Waals surface area (Å²) in [6, 6.07) is 10.2. The van der Waals surface area contributed by atoms with Gasteiger partial charge in [0.1, 0.15) is 0 Å². The van der Waals surface area contributed by atoms with Crippen LogP contribution >= 0.6 is 0 Å². The van der Waals surface area contributed by atoms with Gasteiger partial charge in [0.15, 0.2) is 0 Å². The first kappa shape index (κ1) is 18.2. The molecule has 0 radical (unpaired) electrons. The Morgan fingerprint density at radius 3 is 2.81 bits per heavy atom. The highest BCUT2D eigenvalue weighted by molar-refractivity contribution is 5.94. The number of fused-ring (bicyclic) bond motifs is 1. The molecule has 2 aliphatic rings. The van der Waals surface area contributed by atoms with Gasteiger partial charge in [-0.25, -0.2) is 0 Å². The van der Waals surface area contributed by atoms with Gasteiger partial charge < -0.3 is 14.4 Å². The van der Waals surface area contributed by atoms with Crippen LogP contribution in [0.1, 0.15) is 41.6 Å². The van der Waals surface area contributed by atoms with Crippen molar-refractivity contribution in [2.75, 3.05) is 20.8 Å². The standard InChI is InChI=1S/C21H27N3O3/c1-26-18-8-9-21(27-2)10-11-24(19(21)12-18)20(25)17-13-22-23(15-17)14-16-6-4-3-5-7-16/h3-7,13,15,18-19H,8-12,14H2,1-2H3. The molecule has 1 amide bonds. The van der Waals surface area contributed by atoms with E-state index in [1.165, 1.54) is 0 Å². The van der Waals surface area contributed by atoms with Crippen LogP contribution in [0.4, 0.5) is 0 Å². The van der Waals surface area contributed by atoms with Crippen LogP contribution in [0.15, 0.2) is 42.7 Å². The highest BCUT2D eigenvalue weighted by atomic mass is 16.5. The number of likely N-dealkylation sites (tertiary alicyclic amines) is 1. The Bertz CT molecular complexity index is 791. The SMILES string of the molecule is COC1CCC2(OC)CCN(C(=O)c3cnn(Cc4ccccc4)c3)C2C1. The molecule has 1 saturated heterocycles. The number of aromatic nitrogens is 2. The van der Waals surface area contributed by atoms with E-state index < -0.39 is 0 Å². The number of ether oxygens (including phenoxy) is 2. The molecule has 3 atom stereocenters. The quantitative estimate of drug-likeness (QED) is 0.813. The first-order valence-electron chi connectivity index (χ1n) is 9.60. The Morgan fingerprint density at radius 1 is 1.26 bits per heavy atom. The lowest BCUT2D eigenvalue weighted by molar-refractivity contribution is -0.0893. The topological polar surface area (TPSA) is 56.6 Å². The van der Waals surface area contributed by atoms with Gasteiger partial charge in [0.25, 0.3) is 5.91 Å². The molecule has 3 unspecified atom stereocenters. The van der Waals surface area contributed by atoms with E-state index in [0.29, 0.717) is 12.1 Å². The van der Waals surface area contributed by atoms with E-state index in [2.05, 4.69) is 17.2 Å². The van der Waals surface area contributed by atoms with Crippen LogP contribution in [0, 0.1) is 0 Å². The average molecular weight is 369 g/mol. The highest BCUT2D eigenvalue weighted by Crippen LogP contribution is 2.43. The molecule has 2 aromatic rings. The van der Waals surface area contributed by atoms with Crippen LogP contribution in [-0.4, -0.2) is 59.1 Å². The summed E-state index contributed by atoms with van der Waals surface area (Å²) in [6.45, 7) is 1.38. The van der Waals surface area contributed by atoms with Crippen molar-refractivity contribution < 1.29 is 14.3 Å². The van der Waals surface area contributed by atoms with E-state index in [9.17, 15) is 4.79 Å². The zero-order valence-corrected chi connectivity index (χ0v) is 16.0. The first-order valence-corrected chi connectivity index (χ1v) is 9.60. The molecule has 1 aromatic carbocycles. The van der Waals surface area contributed by atoms with Crippen LogP contribution in [0.3, 0.4) is 0 Å². The molecule has 2 heterocycles. The second kappa shape index (κ2) is 7.44. The van der Waals surface area contributed by atoms with Crippen molar-refractivity contribution in [1.29, 1.82) is 0 Å². The Kier molecular flexibility index (Phi) is 5.02. The Hall–Kier alpha value is -2.18. The van der Waals surface area contributed by atoms with Gasteiger partial charge in [-0.1, -0.05) is 30.3 Å². The normalized spacial score (nSPS) is 27.6. The summed E-state index contributed by atoms with van der Waals surface area (Å²) in [5.74, 6) is 0.0370. The zero-order valence-electron chi connectivity index (χ0n) is 16.0. The first-order chi connectivity index (χ1) is 13.1. The third-order valence-electron chi connectivity index (χ3n) is 6.20. The number of rotatable bonds is 5. The van der Waals surface area contributed by atoms with Crippen LogP contribution in [0.2, 0.25) is 0 Å². The summed E-state index contributed by atoms with van der Waals surface area (Å²) in [4.78, 5) is 15.2. The smallest absolute Gasteiger partial charge is 0.257 e. The molecule has 0 spiro atoms.